The summed E-state index contributed by atoms with van der Waals surface area (Å²) in [5, 5.41) is 6.20. The molecule has 0 aliphatic carbocycles. The molecule has 0 radical (unpaired) electrons. The van der Waals surface area contributed by atoms with E-state index in [1.807, 2.05) is 12.1 Å². The van der Waals surface area contributed by atoms with Crippen molar-refractivity contribution in [3.63, 3.8) is 0 Å². The Balaban J connectivity index is 1.37. The average molecular weight is 396 g/mol. The number of morpholine rings is 1. The maximum absolute atomic E-state index is 12.5. The molecule has 0 atom stereocenters. The van der Waals surface area contributed by atoms with Crippen LogP contribution < -0.4 is 5.32 Å². The Bertz CT molecular complexity index is 986. The van der Waals surface area contributed by atoms with Crippen LogP contribution in [-0.2, 0) is 11.2 Å². The lowest BCUT2D eigenvalue weighted by Crippen LogP contribution is -2.40. The second kappa shape index (κ2) is 8.59. The molecule has 28 heavy (non-hydrogen) atoms. The number of nitrogens with zero attached hydrogens (tertiary/aromatic N) is 2. The van der Waals surface area contributed by atoms with E-state index in [1.54, 1.807) is 17.2 Å². The number of anilines is 1. The first-order valence-electron chi connectivity index (χ1n) is 9.45. The fourth-order valence-electron chi connectivity index (χ4n) is 3.35. The highest BCUT2D eigenvalue weighted by Gasteiger charge is 2.19. The Morgan fingerprint density at radius 3 is 2.68 bits per heavy atom. The van der Waals surface area contributed by atoms with Gasteiger partial charge in [-0.15, -0.1) is 0 Å². The van der Waals surface area contributed by atoms with Crippen LogP contribution in [0.1, 0.15) is 15.9 Å². The second-order valence-electron chi connectivity index (χ2n) is 6.82. The van der Waals surface area contributed by atoms with Crippen molar-refractivity contribution in [1.29, 1.82) is 0 Å². The number of halogens is 1. The van der Waals surface area contributed by atoms with E-state index in [0.717, 1.165) is 6.42 Å². The molecule has 1 saturated heterocycles. The third kappa shape index (κ3) is 4.26. The summed E-state index contributed by atoms with van der Waals surface area (Å²) in [4.78, 5) is 18.6. The first-order chi connectivity index (χ1) is 13.7. The van der Waals surface area contributed by atoms with Gasteiger partial charge < -0.3 is 15.0 Å². The molecular weight excluding hydrogens is 374 g/mol. The molecule has 0 saturated carbocycles. The molecule has 1 N–H and O–H groups in total. The Labute approximate surface area is 169 Å². The van der Waals surface area contributed by atoms with Crippen molar-refractivity contribution in [3.8, 4) is 0 Å². The van der Waals surface area contributed by atoms with Crippen LogP contribution in [0.2, 0.25) is 5.02 Å². The summed E-state index contributed by atoms with van der Waals surface area (Å²) in [6, 6.07) is 16.5. The van der Waals surface area contributed by atoms with Crippen LogP contribution in [-0.4, -0.2) is 48.6 Å². The summed E-state index contributed by atoms with van der Waals surface area (Å²) < 4.78 is 5.29. The van der Waals surface area contributed by atoms with Crippen LogP contribution in [0.15, 0.2) is 54.7 Å². The minimum absolute atomic E-state index is 0.0552. The van der Waals surface area contributed by atoms with E-state index in [1.165, 1.54) is 16.3 Å². The van der Waals surface area contributed by atoms with Gasteiger partial charge in [0.1, 0.15) is 5.82 Å². The maximum atomic E-state index is 12.5. The van der Waals surface area contributed by atoms with Crippen molar-refractivity contribution in [3.05, 3.63) is 70.9 Å². The van der Waals surface area contributed by atoms with Gasteiger partial charge in [-0.3, -0.25) is 4.79 Å². The highest BCUT2D eigenvalue weighted by atomic mass is 35.5. The number of fused-ring (bicyclic) bond motifs is 1. The predicted octanol–water partition coefficient (Wildman–Crippen LogP) is 4.02. The number of pyridine rings is 1. The number of hydrogen-bond donors (Lipinski definition) is 1. The Kier molecular flexibility index (Phi) is 5.74. The van der Waals surface area contributed by atoms with Gasteiger partial charge in [0.05, 0.1) is 23.8 Å². The van der Waals surface area contributed by atoms with Gasteiger partial charge in [0.15, 0.2) is 0 Å². The topological polar surface area (TPSA) is 54.5 Å². The molecule has 1 aromatic heterocycles. The monoisotopic (exact) mass is 395 g/mol. The molecule has 0 spiro atoms. The molecule has 0 unspecified atom stereocenters. The zero-order chi connectivity index (χ0) is 19.3. The molecule has 4 rings (SSSR count). The van der Waals surface area contributed by atoms with Gasteiger partial charge in [-0.2, -0.15) is 0 Å². The highest BCUT2D eigenvalue weighted by Crippen LogP contribution is 2.22. The summed E-state index contributed by atoms with van der Waals surface area (Å²) in [5.41, 5.74) is 1.76. The van der Waals surface area contributed by atoms with E-state index >= 15 is 0 Å². The molecule has 6 heteroatoms. The minimum Gasteiger partial charge on any atom is -0.378 e. The number of benzene rings is 2. The van der Waals surface area contributed by atoms with Gasteiger partial charge in [-0.1, -0.05) is 54.1 Å². The Morgan fingerprint density at radius 2 is 1.89 bits per heavy atom. The molecule has 1 fully saturated rings. The predicted molar refractivity (Wildman–Crippen MR) is 112 cm³/mol. The van der Waals surface area contributed by atoms with E-state index in [0.29, 0.717) is 49.3 Å². The fourth-order valence-corrected chi connectivity index (χ4v) is 3.59. The van der Waals surface area contributed by atoms with Crippen molar-refractivity contribution in [1.82, 2.24) is 9.88 Å². The highest BCUT2D eigenvalue weighted by molar-refractivity contribution is 6.33. The number of rotatable bonds is 5. The number of nitrogens with one attached hydrogen (secondary N) is 1. The summed E-state index contributed by atoms with van der Waals surface area (Å²) in [5.74, 6) is 0.543. The van der Waals surface area contributed by atoms with Crippen molar-refractivity contribution < 1.29 is 9.53 Å². The van der Waals surface area contributed by atoms with Crippen LogP contribution in [0.4, 0.5) is 5.82 Å². The smallest absolute Gasteiger partial charge is 0.255 e. The molecule has 1 amide bonds. The molecule has 3 aromatic rings. The number of hydrogen-bond acceptors (Lipinski definition) is 4. The van der Waals surface area contributed by atoms with Gasteiger partial charge in [0.25, 0.3) is 5.91 Å². The maximum Gasteiger partial charge on any atom is 0.255 e. The van der Waals surface area contributed by atoms with Gasteiger partial charge >= 0.3 is 0 Å². The lowest BCUT2D eigenvalue weighted by atomic mass is 10.1. The zero-order valence-corrected chi connectivity index (χ0v) is 16.3. The van der Waals surface area contributed by atoms with Crippen molar-refractivity contribution in [2.45, 2.75) is 6.42 Å². The third-order valence-corrected chi connectivity index (χ3v) is 5.19. The van der Waals surface area contributed by atoms with E-state index < -0.39 is 0 Å². The largest absolute Gasteiger partial charge is 0.378 e. The minimum atomic E-state index is -0.0552. The lowest BCUT2D eigenvalue weighted by molar-refractivity contribution is 0.0302. The number of carbonyl (C=O) groups excluding carboxylic acids is 1. The lowest BCUT2D eigenvalue weighted by Gasteiger charge is -2.26. The van der Waals surface area contributed by atoms with Gasteiger partial charge in [0, 0.05) is 25.8 Å². The van der Waals surface area contributed by atoms with Crippen LogP contribution in [0, 0.1) is 0 Å². The van der Waals surface area contributed by atoms with Gasteiger partial charge in [-0.25, -0.2) is 4.98 Å². The number of carbonyl (C=O) groups is 1. The van der Waals surface area contributed by atoms with Gasteiger partial charge in [0.2, 0.25) is 0 Å². The summed E-state index contributed by atoms with van der Waals surface area (Å²) in [6.45, 7) is 3.05. The van der Waals surface area contributed by atoms with E-state index in [9.17, 15) is 4.79 Å². The van der Waals surface area contributed by atoms with Crippen molar-refractivity contribution in [2.75, 3.05) is 38.2 Å². The number of ether oxygens (including phenoxy) is 1. The summed E-state index contributed by atoms with van der Waals surface area (Å²) in [6.07, 6.45) is 2.44. The molecule has 1 aliphatic rings. The molecular formula is C22H22ClN3O2. The SMILES string of the molecule is O=C(c1cnc(NCCc2ccc3ccccc3c2)c(Cl)c1)N1CCOCC1. The molecule has 0 bridgehead atoms. The summed E-state index contributed by atoms with van der Waals surface area (Å²) in [7, 11) is 0. The molecule has 1 aliphatic heterocycles. The van der Waals surface area contributed by atoms with Crippen molar-refractivity contribution >= 4 is 34.1 Å². The van der Waals surface area contributed by atoms with Crippen LogP contribution in [0.5, 0.6) is 0 Å². The Hall–Kier alpha value is -2.63. The van der Waals surface area contributed by atoms with E-state index in [2.05, 4.69) is 40.6 Å². The third-order valence-electron chi connectivity index (χ3n) is 4.91. The van der Waals surface area contributed by atoms with Crippen LogP contribution >= 0.6 is 11.6 Å². The summed E-state index contributed by atoms with van der Waals surface area (Å²) >= 11 is 6.35. The quantitative estimate of drug-likeness (QED) is 0.709. The zero-order valence-electron chi connectivity index (χ0n) is 15.5. The Morgan fingerprint density at radius 1 is 1.11 bits per heavy atom. The normalized spacial score (nSPS) is 14.2. The number of aromatic nitrogens is 1. The first kappa shape index (κ1) is 18.7. The standard InChI is InChI=1S/C22H22ClN3O2/c23-20-14-19(22(27)26-9-11-28-12-10-26)15-25-21(20)24-8-7-16-5-6-17-3-1-2-4-18(17)13-16/h1-6,13-15H,7-12H2,(H,24,25). The van der Waals surface area contributed by atoms with Gasteiger partial charge in [-0.05, 0) is 28.8 Å². The molecule has 5 nitrogen and oxygen atoms in total. The van der Waals surface area contributed by atoms with E-state index in [4.69, 9.17) is 16.3 Å². The fraction of sp³-hybridized carbons (Fsp3) is 0.273. The van der Waals surface area contributed by atoms with E-state index in [-0.39, 0.29) is 5.91 Å². The molecule has 144 valence electrons. The van der Waals surface area contributed by atoms with Crippen LogP contribution in [0.25, 0.3) is 10.8 Å². The molecule has 2 heterocycles. The number of amides is 1. The van der Waals surface area contributed by atoms with Crippen LogP contribution in [0.3, 0.4) is 0 Å². The average Bonchev–Trinajstić information content (AvgIpc) is 2.75. The molecule has 2 aromatic carbocycles. The second-order valence-corrected chi connectivity index (χ2v) is 7.22. The first-order valence-corrected chi connectivity index (χ1v) is 9.82. The van der Waals surface area contributed by atoms with Crippen molar-refractivity contribution in [2.24, 2.45) is 0 Å².